The highest BCUT2D eigenvalue weighted by Crippen LogP contribution is 2.38. The summed E-state index contributed by atoms with van der Waals surface area (Å²) in [6.45, 7) is 3.61. The Hall–Kier alpha value is -1.33. The molecule has 0 aliphatic carbocycles. The molecule has 1 amide bonds. The highest BCUT2D eigenvalue weighted by Gasteiger charge is 2.33. The maximum atomic E-state index is 11.2. The molecule has 0 unspecified atom stereocenters. The monoisotopic (exact) mass is 279 g/mol. The molecule has 0 radical (unpaired) electrons. The zero-order chi connectivity index (χ0) is 11.2. The Labute approximate surface area is 112 Å². The number of ether oxygens (including phenoxy) is 1. The highest BCUT2D eigenvalue weighted by molar-refractivity contribution is 5.91. The Morgan fingerprint density at radius 3 is 2.29 bits per heavy atom. The van der Waals surface area contributed by atoms with E-state index in [0.717, 1.165) is 5.56 Å². The van der Waals surface area contributed by atoms with Gasteiger partial charge in [-0.05, 0) is 26.0 Å². The minimum absolute atomic E-state index is 0. The first-order valence-electron chi connectivity index (χ1n) is 4.59. The molecule has 1 aromatic rings. The molecule has 7 heteroatoms. The molecule has 0 saturated carbocycles. The number of anilines is 3. The van der Waals surface area contributed by atoms with Crippen LogP contribution in [0.4, 0.5) is 21.9 Å². The van der Waals surface area contributed by atoms with Crippen LogP contribution in [0.1, 0.15) is 19.4 Å². The van der Waals surface area contributed by atoms with Gasteiger partial charge in [0.1, 0.15) is 5.60 Å². The fourth-order valence-corrected chi connectivity index (χ4v) is 1.66. The van der Waals surface area contributed by atoms with Crippen molar-refractivity contribution in [2.45, 2.75) is 19.4 Å². The van der Waals surface area contributed by atoms with Gasteiger partial charge in [0.2, 0.25) is 0 Å². The number of benzene rings is 1. The minimum Gasteiger partial charge on any atom is -0.438 e. The molecule has 5 nitrogen and oxygen atoms in total. The molecule has 0 spiro atoms. The van der Waals surface area contributed by atoms with E-state index in [0.29, 0.717) is 17.1 Å². The number of halogens is 2. The predicted octanol–water partition coefficient (Wildman–Crippen LogP) is 2.49. The summed E-state index contributed by atoms with van der Waals surface area (Å²) in [6, 6.07) is 3.37. The number of cyclic esters (lactones) is 1. The van der Waals surface area contributed by atoms with Gasteiger partial charge in [0.05, 0.1) is 17.1 Å². The van der Waals surface area contributed by atoms with Crippen molar-refractivity contribution >= 4 is 48.0 Å². The molecular weight excluding hydrogens is 265 g/mol. The molecule has 1 aliphatic heterocycles. The lowest BCUT2D eigenvalue weighted by Crippen LogP contribution is -2.34. The third-order valence-electron chi connectivity index (χ3n) is 2.46. The van der Waals surface area contributed by atoms with Crippen molar-refractivity contribution in [2.24, 2.45) is 0 Å². The summed E-state index contributed by atoms with van der Waals surface area (Å²) in [5.74, 6) is 0. The number of rotatable bonds is 0. The smallest absolute Gasteiger partial charge is 0.412 e. The Balaban J connectivity index is 0.00000128. The number of fused-ring (bicyclic) bond motifs is 1. The van der Waals surface area contributed by atoms with Gasteiger partial charge in [-0.1, -0.05) is 0 Å². The van der Waals surface area contributed by atoms with Crippen molar-refractivity contribution in [1.82, 2.24) is 0 Å². The van der Waals surface area contributed by atoms with Crippen LogP contribution in [0, 0.1) is 0 Å². The van der Waals surface area contributed by atoms with Crippen molar-refractivity contribution in [2.75, 3.05) is 16.8 Å². The summed E-state index contributed by atoms with van der Waals surface area (Å²) in [6.07, 6.45) is -0.475. The number of amides is 1. The number of carbonyl (C=O) groups excluding carboxylic acids is 1. The maximum Gasteiger partial charge on any atom is 0.412 e. The largest absolute Gasteiger partial charge is 0.438 e. The third-order valence-corrected chi connectivity index (χ3v) is 2.46. The highest BCUT2D eigenvalue weighted by atomic mass is 35.5. The van der Waals surface area contributed by atoms with Gasteiger partial charge in [0.25, 0.3) is 0 Å². The SMILES string of the molecule is CC1(C)OC(=O)Nc2cc(N)c(N)cc21.Cl.Cl. The molecule has 0 bridgehead atoms. The molecule has 17 heavy (non-hydrogen) atoms. The first kappa shape index (κ1) is 15.7. The Kier molecular flexibility index (Phi) is 4.51. The number of hydrogen-bond acceptors (Lipinski definition) is 4. The lowest BCUT2D eigenvalue weighted by atomic mass is 9.94. The molecule has 0 atom stereocenters. The first-order valence-corrected chi connectivity index (χ1v) is 4.59. The van der Waals surface area contributed by atoms with Gasteiger partial charge in [0, 0.05) is 5.56 Å². The van der Waals surface area contributed by atoms with Crippen LogP contribution >= 0.6 is 24.8 Å². The number of carbonyl (C=O) groups is 1. The van der Waals surface area contributed by atoms with Crippen molar-refractivity contribution in [1.29, 1.82) is 0 Å². The second-order valence-corrected chi connectivity index (χ2v) is 4.05. The quantitative estimate of drug-likeness (QED) is 0.637. The van der Waals surface area contributed by atoms with Gasteiger partial charge < -0.3 is 16.2 Å². The summed E-state index contributed by atoms with van der Waals surface area (Å²) < 4.78 is 5.15. The average molecular weight is 280 g/mol. The lowest BCUT2D eigenvalue weighted by Gasteiger charge is -2.32. The van der Waals surface area contributed by atoms with Gasteiger partial charge in [-0.2, -0.15) is 0 Å². The van der Waals surface area contributed by atoms with Crippen LogP contribution in [0.3, 0.4) is 0 Å². The van der Waals surface area contributed by atoms with E-state index in [4.69, 9.17) is 16.2 Å². The predicted molar refractivity (Wildman–Crippen MR) is 72.9 cm³/mol. The summed E-state index contributed by atoms with van der Waals surface area (Å²) in [4.78, 5) is 11.2. The van der Waals surface area contributed by atoms with Crippen molar-refractivity contribution < 1.29 is 9.53 Å². The number of nitrogens with one attached hydrogen (secondary N) is 1. The third kappa shape index (κ3) is 2.68. The van der Waals surface area contributed by atoms with Crippen molar-refractivity contribution in [3.05, 3.63) is 17.7 Å². The van der Waals surface area contributed by atoms with Crippen LogP contribution in [-0.4, -0.2) is 6.09 Å². The van der Waals surface area contributed by atoms with E-state index in [-0.39, 0.29) is 24.8 Å². The Morgan fingerprint density at radius 2 is 1.71 bits per heavy atom. The summed E-state index contributed by atoms with van der Waals surface area (Å²) in [5, 5.41) is 2.59. The topological polar surface area (TPSA) is 90.4 Å². The van der Waals surface area contributed by atoms with Gasteiger partial charge in [0.15, 0.2) is 0 Å². The summed E-state index contributed by atoms with van der Waals surface area (Å²) >= 11 is 0. The van der Waals surface area contributed by atoms with Crippen LogP contribution in [0.5, 0.6) is 0 Å². The van der Waals surface area contributed by atoms with Crippen LogP contribution < -0.4 is 16.8 Å². The number of hydrogen-bond donors (Lipinski definition) is 3. The molecule has 1 heterocycles. The number of nitrogens with two attached hydrogens (primary N) is 2. The fourth-order valence-electron chi connectivity index (χ4n) is 1.66. The molecule has 2 rings (SSSR count). The molecule has 1 aromatic carbocycles. The molecular formula is C10H15Cl2N3O2. The van der Waals surface area contributed by atoms with Crippen molar-refractivity contribution in [3.63, 3.8) is 0 Å². The van der Waals surface area contributed by atoms with Gasteiger partial charge >= 0.3 is 6.09 Å². The zero-order valence-electron chi connectivity index (χ0n) is 9.44. The Morgan fingerprint density at radius 1 is 1.18 bits per heavy atom. The van der Waals surface area contributed by atoms with Gasteiger partial charge in [-0.15, -0.1) is 24.8 Å². The maximum absolute atomic E-state index is 11.2. The molecule has 5 N–H and O–H groups in total. The summed E-state index contributed by atoms with van der Waals surface area (Å²) in [5.41, 5.74) is 13.1. The van der Waals surface area contributed by atoms with Crippen molar-refractivity contribution in [3.8, 4) is 0 Å². The zero-order valence-corrected chi connectivity index (χ0v) is 11.1. The minimum atomic E-state index is -0.681. The normalized spacial score (nSPS) is 15.5. The van der Waals surface area contributed by atoms with Crippen LogP contribution in [0.25, 0.3) is 0 Å². The fraction of sp³-hybridized carbons (Fsp3) is 0.300. The molecule has 96 valence electrons. The molecule has 0 saturated heterocycles. The standard InChI is InChI=1S/C10H13N3O2.2ClH/c1-10(2)5-3-6(11)7(12)4-8(5)13-9(14)15-10;;/h3-4H,11-12H2,1-2H3,(H,13,14);2*1H. The lowest BCUT2D eigenvalue weighted by molar-refractivity contribution is 0.0421. The Bertz CT molecular complexity index is 449. The van der Waals surface area contributed by atoms with Crippen LogP contribution in [0.2, 0.25) is 0 Å². The van der Waals surface area contributed by atoms with E-state index < -0.39 is 11.7 Å². The van der Waals surface area contributed by atoms with E-state index in [9.17, 15) is 4.79 Å². The van der Waals surface area contributed by atoms with Crippen LogP contribution in [0.15, 0.2) is 12.1 Å². The number of nitrogen functional groups attached to an aromatic ring is 2. The summed E-state index contributed by atoms with van der Waals surface area (Å²) in [7, 11) is 0. The average Bonchev–Trinajstić information content (AvgIpc) is 2.07. The second kappa shape index (κ2) is 4.89. The molecule has 0 fully saturated rings. The van der Waals surface area contributed by atoms with E-state index in [1.807, 2.05) is 0 Å². The van der Waals surface area contributed by atoms with Crippen LogP contribution in [-0.2, 0) is 10.3 Å². The van der Waals surface area contributed by atoms with E-state index in [1.165, 1.54) is 0 Å². The van der Waals surface area contributed by atoms with Gasteiger partial charge in [-0.25, -0.2) is 4.79 Å². The second-order valence-electron chi connectivity index (χ2n) is 4.05. The van der Waals surface area contributed by atoms with E-state index >= 15 is 0 Å². The van der Waals surface area contributed by atoms with E-state index in [1.54, 1.807) is 26.0 Å². The first-order chi connectivity index (χ1) is 6.90. The van der Waals surface area contributed by atoms with E-state index in [2.05, 4.69) is 5.32 Å². The molecule has 1 aliphatic rings. The van der Waals surface area contributed by atoms with Gasteiger partial charge in [-0.3, -0.25) is 5.32 Å². The molecule has 0 aromatic heterocycles.